The molecule has 0 aromatic heterocycles. The number of benzene rings is 2. The molecule has 2 aromatic carbocycles. The summed E-state index contributed by atoms with van der Waals surface area (Å²) in [6.07, 6.45) is 4.18. The second-order valence-corrected chi connectivity index (χ2v) is 10.4. The molecule has 1 spiro atoms. The van der Waals surface area contributed by atoms with Crippen LogP contribution in [0.25, 0.3) is 11.1 Å². The third kappa shape index (κ3) is 4.28. The van der Waals surface area contributed by atoms with Crippen molar-refractivity contribution in [2.45, 2.75) is 69.4 Å². The molecular weight excluding hydrogens is 444 g/mol. The molecule has 0 bridgehead atoms. The van der Waals surface area contributed by atoms with Gasteiger partial charge in [0.15, 0.2) is 0 Å². The Morgan fingerprint density at radius 1 is 1.03 bits per heavy atom. The van der Waals surface area contributed by atoms with E-state index in [1.165, 1.54) is 0 Å². The van der Waals surface area contributed by atoms with Crippen LogP contribution in [0, 0.1) is 5.41 Å². The van der Waals surface area contributed by atoms with Crippen LogP contribution in [0.2, 0.25) is 0 Å². The van der Waals surface area contributed by atoms with Crippen molar-refractivity contribution in [3.05, 3.63) is 59.7 Å². The number of carbonyl (C=O) groups excluding carboxylic acids is 2. The molecule has 0 heterocycles. The highest BCUT2D eigenvalue weighted by Crippen LogP contribution is 2.60. The molecule has 3 N–H and O–H groups in total. The second-order valence-electron chi connectivity index (χ2n) is 10.4. The molecule has 2 aromatic rings. The SMILES string of the molecule is CC[C@@H](CC(=O)NC1(C(=O)O)CC2(CCC2)C1)NC(=O)OCC1c2ccccc2-c2ccccc21. The highest BCUT2D eigenvalue weighted by Gasteiger charge is 2.61. The van der Waals surface area contributed by atoms with Gasteiger partial charge in [0.1, 0.15) is 12.1 Å². The van der Waals surface area contributed by atoms with Crippen molar-refractivity contribution in [1.29, 1.82) is 0 Å². The molecular formula is C28H32N2O5. The number of fused-ring (bicyclic) bond motifs is 3. The molecule has 0 radical (unpaired) electrons. The van der Waals surface area contributed by atoms with E-state index in [-0.39, 0.29) is 30.3 Å². The van der Waals surface area contributed by atoms with Gasteiger partial charge in [-0.05, 0) is 59.8 Å². The first-order valence-electron chi connectivity index (χ1n) is 12.5. The van der Waals surface area contributed by atoms with Gasteiger partial charge in [0.2, 0.25) is 5.91 Å². The summed E-state index contributed by atoms with van der Waals surface area (Å²) in [6, 6.07) is 15.8. The van der Waals surface area contributed by atoms with Gasteiger partial charge in [0.25, 0.3) is 0 Å². The summed E-state index contributed by atoms with van der Waals surface area (Å²) < 4.78 is 5.60. The largest absolute Gasteiger partial charge is 0.480 e. The smallest absolute Gasteiger partial charge is 0.407 e. The summed E-state index contributed by atoms with van der Waals surface area (Å²) in [5.41, 5.74) is 3.53. The van der Waals surface area contributed by atoms with Gasteiger partial charge in [-0.25, -0.2) is 9.59 Å². The zero-order valence-corrected chi connectivity index (χ0v) is 20.0. The van der Waals surface area contributed by atoms with Crippen LogP contribution in [-0.4, -0.2) is 41.3 Å². The van der Waals surface area contributed by atoms with Crippen molar-refractivity contribution in [2.24, 2.45) is 5.41 Å². The van der Waals surface area contributed by atoms with Gasteiger partial charge in [0, 0.05) is 18.4 Å². The molecule has 0 unspecified atom stereocenters. The van der Waals surface area contributed by atoms with Crippen molar-refractivity contribution in [2.75, 3.05) is 6.61 Å². The lowest BCUT2D eigenvalue weighted by molar-refractivity contribution is -0.165. The first kappa shape index (κ1) is 23.4. The van der Waals surface area contributed by atoms with Gasteiger partial charge in [-0.2, -0.15) is 0 Å². The predicted octanol–water partition coefficient (Wildman–Crippen LogP) is 4.60. The van der Waals surface area contributed by atoms with Crippen molar-refractivity contribution in [3.63, 3.8) is 0 Å². The monoisotopic (exact) mass is 476 g/mol. The Hall–Kier alpha value is -3.35. The lowest BCUT2D eigenvalue weighted by Crippen LogP contribution is -2.68. The second kappa shape index (κ2) is 9.02. The van der Waals surface area contributed by atoms with Crippen LogP contribution in [0.5, 0.6) is 0 Å². The van der Waals surface area contributed by atoms with Gasteiger partial charge in [-0.1, -0.05) is 61.9 Å². The van der Waals surface area contributed by atoms with Crippen LogP contribution >= 0.6 is 0 Å². The first-order chi connectivity index (χ1) is 16.8. The van der Waals surface area contributed by atoms with Crippen LogP contribution in [0.1, 0.15) is 68.9 Å². The van der Waals surface area contributed by atoms with E-state index in [2.05, 4.69) is 34.9 Å². The standard InChI is InChI=1S/C28H32N2O5/c1-2-18(14-24(31)30-28(25(32)33)16-27(17-28)12-7-13-27)29-26(34)35-15-23-21-10-5-3-8-19(21)20-9-4-6-11-22(20)23/h3-6,8-11,18,23H,2,7,12-17H2,1H3,(H,29,34)(H,30,31)(H,32,33)/t18-/m0/s1. The number of rotatable bonds is 8. The zero-order valence-electron chi connectivity index (χ0n) is 20.0. The maximum absolute atomic E-state index is 12.7. The molecule has 0 aliphatic heterocycles. The van der Waals surface area contributed by atoms with Gasteiger partial charge in [-0.15, -0.1) is 0 Å². The lowest BCUT2D eigenvalue weighted by Gasteiger charge is -2.59. The summed E-state index contributed by atoms with van der Waals surface area (Å²) >= 11 is 0. The van der Waals surface area contributed by atoms with Crippen molar-refractivity contribution in [1.82, 2.24) is 10.6 Å². The minimum absolute atomic E-state index is 0.0166. The number of aliphatic carboxylic acids is 1. The number of hydrogen-bond donors (Lipinski definition) is 3. The van der Waals surface area contributed by atoms with Crippen molar-refractivity contribution >= 4 is 18.0 Å². The predicted molar refractivity (Wildman–Crippen MR) is 131 cm³/mol. The maximum Gasteiger partial charge on any atom is 0.407 e. The number of carbonyl (C=O) groups is 3. The molecule has 184 valence electrons. The van der Waals surface area contributed by atoms with Gasteiger partial charge < -0.3 is 20.5 Å². The Morgan fingerprint density at radius 3 is 2.14 bits per heavy atom. The normalized spacial score (nSPS) is 19.5. The molecule has 5 rings (SSSR count). The number of alkyl carbamates (subject to hydrolysis) is 1. The summed E-state index contributed by atoms with van der Waals surface area (Å²) in [5.74, 6) is -1.36. The van der Waals surface area contributed by atoms with E-state index < -0.39 is 23.6 Å². The first-order valence-corrected chi connectivity index (χ1v) is 12.5. The molecule has 0 saturated heterocycles. The van der Waals surface area contributed by atoms with Crippen LogP contribution in [0.15, 0.2) is 48.5 Å². The Balaban J connectivity index is 1.15. The van der Waals surface area contributed by atoms with Crippen LogP contribution < -0.4 is 10.6 Å². The number of nitrogens with one attached hydrogen (secondary N) is 2. The molecule has 1 atom stereocenters. The summed E-state index contributed by atoms with van der Waals surface area (Å²) in [7, 11) is 0. The van der Waals surface area contributed by atoms with Crippen LogP contribution in [0.4, 0.5) is 4.79 Å². The van der Waals surface area contributed by atoms with E-state index in [0.29, 0.717) is 19.3 Å². The Bertz CT molecular complexity index is 1100. The lowest BCUT2D eigenvalue weighted by atomic mass is 9.48. The Kier molecular flexibility index (Phi) is 6.03. The fourth-order valence-electron chi connectivity index (χ4n) is 6.20. The number of ether oxygens (including phenoxy) is 1. The van der Waals surface area contributed by atoms with Crippen LogP contribution in [0.3, 0.4) is 0 Å². The number of hydrogen-bond acceptors (Lipinski definition) is 4. The van der Waals surface area contributed by atoms with Gasteiger partial charge in [0.05, 0.1) is 0 Å². The number of amides is 2. The summed E-state index contributed by atoms with van der Waals surface area (Å²) in [5, 5.41) is 15.3. The minimum atomic E-state index is -1.17. The fourth-order valence-corrected chi connectivity index (χ4v) is 6.20. The van der Waals surface area contributed by atoms with E-state index in [9.17, 15) is 19.5 Å². The maximum atomic E-state index is 12.7. The molecule has 2 saturated carbocycles. The molecule has 7 nitrogen and oxygen atoms in total. The number of carboxylic acids is 1. The summed E-state index contributed by atoms with van der Waals surface area (Å²) in [6.45, 7) is 2.08. The van der Waals surface area contributed by atoms with E-state index in [4.69, 9.17) is 4.74 Å². The molecule has 2 fully saturated rings. The Labute approximate surface area is 205 Å². The molecule has 3 aliphatic rings. The van der Waals surface area contributed by atoms with Crippen LogP contribution in [-0.2, 0) is 14.3 Å². The summed E-state index contributed by atoms with van der Waals surface area (Å²) in [4.78, 5) is 37.2. The highest BCUT2D eigenvalue weighted by atomic mass is 16.5. The molecule has 7 heteroatoms. The van der Waals surface area contributed by atoms with Gasteiger partial charge in [-0.3, -0.25) is 4.79 Å². The third-order valence-corrected chi connectivity index (χ3v) is 8.15. The molecule has 35 heavy (non-hydrogen) atoms. The van der Waals surface area contributed by atoms with E-state index >= 15 is 0 Å². The van der Waals surface area contributed by atoms with Crippen molar-refractivity contribution < 1.29 is 24.2 Å². The van der Waals surface area contributed by atoms with Crippen molar-refractivity contribution in [3.8, 4) is 11.1 Å². The van der Waals surface area contributed by atoms with E-state index in [1.54, 1.807) is 0 Å². The Morgan fingerprint density at radius 2 is 1.63 bits per heavy atom. The quantitative estimate of drug-likeness (QED) is 0.517. The minimum Gasteiger partial charge on any atom is -0.480 e. The van der Waals surface area contributed by atoms with E-state index in [1.807, 2.05) is 31.2 Å². The highest BCUT2D eigenvalue weighted by molar-refractivity contribution is 5.88. The average molecular weight is 477 g/mol. The molecule has 2 amide bonds. The molecule has 3 aliphatic carbocycles. The topological polar surface area (TPSA) is 105 Å². The number of carboxylic acid groups (broad SMARTS) is 1. The van der Waals surface area contributed by atoms with Gasteiger partial charge >= 0.3 is 12.1 Å². The average Bonchev–Trinajstić information content (AvgIpc) is 3.11. The zero-order chi connectivity index (χ0) is 24.6. The van der Waals surface area contributed by atoms with E-state index in [0.717, 1.165) is 41.5 Å². The third-order valence-electron chi connectivity index (χ3n) is 8.15. The fraction of sp³-hybridized carbons (Fsp3) is 0.464.